The van der Waals surface area contributed by atoms with Crippen LogP contribution in [0, 0.1) is 6.92 Å². The molecule has 0 saturated carbocycles. The van der Waals surface area contributed by atoms with Gasteiger partial charge in [-0.3, -0.25) is 4.98 Å². The molecule has 1 aromatic rings. The van der Waals surface area contributed by atoms with Crippen LogP contribution in [-0.2, 0) is 11.3 Å². The summed E-state index contributed by atoms with van der Waals surface area (Å²) < 4.78 is 6.06. The van der Waals surface area contributed by atoms with Crippen molar-refractivity contribution in [3.63, 3.8) is 0 Å². The third kappa shape index (κ3) is 3.12. The molecule has 3 rings (SSSR count). The Morgan fingerprint density at radius 3 is 3.32 bits per heavy atom. The summed E-state index contributed by atoms with van der Waals surface area (Å²) in [4.78, 5) is 4.21. The smallest absolute Gasteiger partial charge is 0.0795 e. The van der Waals surface area contributed by atoms with E-state index in [1.807, 2.05) is 24.2 Å². The van der Waals surface area contributed by atoms with Gasteiger partial charge >= 0.3 is 0 Å². The summed E-state index contributed by atoms with van der Waals surface area (Å²) in [6, 6.07) is 2.67. The first-order valence-electron chi connectivity index (χ1n) is 7.12. The molecule has 1 spiro atoms. The van der Waals surface area contributed by atoms with Gasteiger partial charge in [-0.25, -0.2) is 0 Å². The molecule has 0 aliphatic carbocycles. The van der Waals surface area contributed by atoms with E-state index < -0.39 is 0 Å². The predicted molar refractivity (Wildman–Crippen MR) is 79.5 cm³/mol. The van der Waals surface area contributed by atoms with Crippen LogP contribution in [0.3, 0.4) is 0 Å². The minimum Gasteiger partial charge on any atom is -0.374 e. The SMILES string of the molecule is Cc1ccncc1CNC1CCOC2(CCSC2)C1. The van der Waals surface area contributed by atoms with Crippen molar-refractivity contribution in [2.24, 2.45) is 0 Å². The van der Waals surface area contributed by atoms with Gasteiger partial charge in [0, 0.05) is 37.3 Å². The van der Waals surface area contributed by atoms with Gasteiger partial charge in [-0.05, 0) is 49.1 Å². The second-order valence-corrected chi connectivity index (χ2v) is 6.81. The number of nitrogens with one attached hydrogen (secondary N) is 1. The highest BCUT2D eigenvalue weighted by Crippen LogP contribution is 2.38. The lowest BCUT2D eigenvalue weighted by Gasteiger charge is -2.38. The Bertz CT molecular complexity index is 432. The highest BCUT2D eigenvalue weighted by molar-refractivity contribution is 7.99. The molecule has 3 nitrogen and oxygen atoms in total. The van der Waals surface area contributed by atoms with Crippen LogP contribution in [0.2, 0.25) is 0 Å². The summed E-state index contributed by atoms with van der Waals surface area (Å²) in [6.45, 7) is 3.98. The van der Waals surface area contributed by atoms with Gasteiger partial charge in [-0.1, -0.05) is 0 Å². The molecule has 2 fully saturated rings. The van der Waals surface area contributed by atoms with Crippen LogP contribution in [0.5, 0.6) is 0 Å². The molecular weight excluding hydrogens is 256 g/mol. The molecule has 2 unspecified atom stereocenters. The number of hydrogen-bond donors (Lipinski definition) is 1. The third-order valence-electron chi connectivity index (χ3n) is 4.29. The molecule has 2 aliphatic rings. The quantitative estimate of drug-likeness (QED) is 0.921. The highest BCUT2D eigenvalue weighted by atomic mass is 32.2. The van der Waals surface area contributed by atoms with E-state index in [9.17, 15) is 0 Å². The van der Waals surface area contributed by atoms with Crippen molar-refractivity contribution in [1.82, 2.24) is 10.3 Å². The largest absolute Gasteiger partial charge is 0.374 e. The van der Waals surface area contributed by atoms with Gasteiger partial charge in [0.25, 0.3) is 0 Å². The van der Waals surface area contributed by atoms with Crippen LogP contribution in [0.15, 0.2) is 18.5 Å². The van der Waals surface area contributed by atoms with E-state index >= 15 is 0 Å². The molecule has 0 radical (unpaired) electrons. The Kier molecular flexibility index (Phi) is 4.10. The Hall–Kier alpha value is -0.580. The predicted octanol–water partition coefficient (Wildman–Crippen LogP) is 2.53. The Balaban J connectivity index is 1.57. The average molecular weight is 278 g/mol. The number of rotatable bonds is 3. The lowest BCUT2D eigenvalue weighted by Crippen LogP contribution is -2.47. The van der Waals surface area contributed by atoms with Crippen molar-refractivity contribution in [2.45, 2.75) is 44.4 Å². The second kappa shape index (κ2) is 5.81. The molecule has 0 amide bonds. The highest BCUT2D eigenvalue weighted by Gasteiger charge is 2.40. The van der Waals surface area contributed by atoms with E-state index in [0.29, 0.717) is 6.04 Å². The fourth-order valence-electron chi connectivity index (χ4n) is 3.00. The van der Waals surface area contributed by atoms with E-state index in [1.165, 1.54) is 35.5 Å². The van der Waals surface area contributed by atoms with Crippen molar-refractivity contribution in [3.8, 4) is 0 Å². The number of aryl methyl sites for hydroxylation is 1. The molecule has 2 aliphatic heterocycles. The summed E-state index contributed by atoms with van der Waals surface area (Å²) in [5, 5.41) is 3.70. The zero-order valence-corrected chi connectivity index (χ0v) is 12.3. The standard InChI is InChI=1S/C15H22N2OS/c1-12-2-5-16-9-13(12)10-17-14-3-6-18-15(8-14)4-7-19-11-15/h2,5,9,14,17H,3-4,6-8,10-11H2,1H3. The molecule has 104 valence electrons. The monoisotopic (exact) mass is 278 g/mol. The molecule has 2 saturated heterocycles. The van der Waals surface area contributed by atoms with E-state index in [4.69, 9.17) is 4.74 Å². The van der Waals surface area contributed by atoms with E-state index in [2.05, 4.69) is 23.3 Å². The lowest BCUT2D eigenvalue weighted by atomic mass is 9.90. The van der Waals surface area contributed by atoms with Gasteiger partial charge in [-0.15, -0.1) is 0 Å². The zero-order valence-electron chi connectivity index (χ0n) is 11.5. The number of pyridine rings is 1. The Morgan fingerprint density at radius 2 is 2.53 bits per heavy atom. The van der Waals surface area contributed by atoms with Crippen molar-refractivity contribution < 1.29 is 4.74 Å². The van der Waals surface area contributed by atoms with E-state index in [0.717, 1.165) is 19.6 Å². The maximum atomic E-state index is 6.06. The summed E-state index contributed by atoms with van der Waals surface area (Å²) in [5.74, 6) is 2.44. The van der Waals surface area contributed by atoms with Gasteiger partial charge in [0.2, 0.25) is 0 Å². The van der Waals surface area contributed by atoms with E-state index in [1.54, 1.807) is 0 Å². The van der Waals surface area contributed by atoms with Gasteiger partial charge in [-0.2, -0.15) is 11.8 Å². The molecule has 4 heteroatoms. The fourth-order valence-corrected chi connectivity index (χ4v) is 4.38. The first-order valence-corrected chi connectivity index (χ1v) is 8.27. The van der Waals surface area contributed by atoms with Crippen molar-refractivity contribution in [1.29, 1.82) is 0 Å². The summed E-state index contributed by atoms with van der Waals surface area (Å²) in [5.41, 5.74) is 2.80. The number of nitrogens with zero attached hydrogens (tertiary/aromatic N) is 1. The first kappa shape index (κ1) is 13.4. The topological polar surface area (TPSA) is 34.2 Å². The maximum Gasteiger partial charge on any atom is 0.0795 e. The van der Waals surface area contributed by atoms with Crippen molar-refractivity contribution >= 4 is 11.8 Å². The van der Waals surface area contributed by atoms with Crippen LogP contribution in [0.4, 0.5) is 0 Å². The van der Waals surface area contributed by atoms with Crippen LogP contribution < -0.4 is 5.32 Å². The first-order chi connectivity index (χ1) is 9.27. The van der Waals surface area contributed by atoms with Crippen LogP contribution in [-0.4, -0.2) is 34.7 Å². The maximum absolute atomic E-state index is 6.06. The summed E-state index contributed by atoms with van der Waals surface area (Å²) in [7, 11) is 0. The minimum atomic E-state index is 0.171. The molecule has 19 heavy (non-hydrogen) atoms. The van der Waals surface area contributed by atoms with Crippen LogP contribution in [0.1, 0.15) is 30.4 Å². The fraction of sp³-hybridized carbons (Fsp3) is 0.667. The van der Waals surface area contributed by atoms with Crippen LogP contribution >= 0.6 is 11.8 Å². The van der Waals surface area contributed by atoms with Gasteiger partial charge < -0.3 is 10.1 Å². The molecule has 0 aromatic carbocycles. The minimum absolute atomic E-state index is 0.171. The number of hydrogen-bond acceptors (Lipinski definition) is 4. The second-order valence-electron chi connectivity index (χ2n) is 5.71. The molecule has 0 bridgehead atoms. The van der Waals surface area contributed by atoms with Gasteiger partial charge in [0.05, 0.1) is 5.60 Å². The number of aromatic nitrogens is 1. The molecule has 1 aromatic heterocycles. The lowest BCUT2D eigenvalue weighted by molar-refractivity contribution is -0.0703. The van der Waals surface area contributed by atoms with Crippen molar-refractivity contribution in [2.75, 3.05) is 18.1 Å². The summed E-state index contributed by atoms with van der Waals surface area (Å²) in [6.07, 6.45) is 7.35. The zero-order chi connectivity index (χ0) is 13.1. The number of ether oxygens (including phenoxy) is 1. The molecule has 3 heterocycles. The van der Waals surface area contributed by atoms with Gasteiger partial charge in [0.1, 0.15) is 0 Å². The Morgan fingerprint density at radius 1 is 1.58 bits per heavy atom. The Labute approximate surface area is 119 Å². The molecule has 1 N–H and O–H groups in total. The normalized spacial score (nSPS) is 30.9. The number of thioether (sulfide) groups is 1. The third-order valence-corrected chi connectivity index (χ3v) is 5.51. The van der Waals surface area contributed by atoms with Crippen molar-refractivity contribution in [3.05, 3.63) is 29.6 Å². The van der Waals surface area contributed by atoms with E-state index in [-0.39, 0.29) is 5.60 Å². The summed E-state index contributed by atoms with van der Waals surface area (Å²) >= 11 is 2.04. The van der Waals surface area contributed by atoms with Crippen LogP contribution in [0.25, 0.3) is 0 Å². The average Bonchev–Trinajstić information content (AvgIpc) is 2.86. The van der Waals surface area contributed by atoms with Gasteiger partial charge in [0.15, 0.2) is 0 Å². The molecular formula is C15H22N2OS. The molecule has 2 atom stereocenters.